The summed E-state index contributed by atoms with van der Waals surface area (Å²) in [5.74, 6) is -1.23. The Hall–Kier alpha value is -2.60. The molecule has 6 nitrogen and oxygen atoms in total. The summed E-state index contributed by atoms with van der Waals surface area (Å²) < 4.78 is 0. The largest absolute Gasteiger partial charge is 0.478 e. The summed E-state index contributed by atoms with van der Waals surface area (Å²) >= 11 is 5.89. The van der Waals surface area contributed by atoms with Crippen molar-refractivity contribution in [3.63, 3.8) is 0 Å². The molecule has 1 heterocycles. The van der Waals surface area contributed by atoms with Gasteiger partial charge in [0.2, 0.25) is 5.91 Å². The average molecular weight is 306 g/mol. The van der Waals surface area contributed by atoms with Gasteiger partial charge in [0.05, 0.1) is 10.6 Å². The molecule has 4 N–H and O–H groups in total. The normalized spacial score (nSPS) is 10.2. The highest BCUT2D eigenvalue weighted by Gasteiger charge is 2.10. The van der Waals surface area contributed by atoms with Gasteiger partial charge in [-0.25, -0.2) is 9.78 Å². The minimum atomic E-state index is -1.10. The molecule has 0 aliphatic carbocycles. The van der Waals surface area contributed by atoms with E-state index in [4.69, 9.17) is 22.4 Å². The smallest absolute Gasteiger partial charge is 0.337 e. The molecule has 2 rings (SSSR count). The van der Waals surface area contributed by atoms with Crippen molar-refractivity contribution in [3.05, 3.63) is 52.2 Å². The zero-order chi connectivity index (χ0) is 15.6. The van der Waals surface area contributed by atoms with Gasteiger partial charge in [-0.1, -0.05) is 11.6 Å². The second kappa shape index (κ2) is 5.80. The van der Waals surface area contributed by atoms with Crippen LogP contribution in [0, 0.1) is 6.92 Å². The first-order valence-electron chi connectivity index (χ1n) is 5.95. The van der Waals surface area contributed by atoms with Crippen molar-refractivity contribution in [2.24, 2.45) is 5.73 Å². The predicted octanol–water partition coefficient (Wildman–Crippen LogP) is 2.58. The highest BCUT2D eigenvalue weighted by molar-refractivity contribution is 6.33. The van der Waals surface area contributed by atoms with Gasteiger partial charge in [0.15, 0.2) is 0 Å². The van der Waals surface area contributed by atoms with Crippen LogP contribution in [0.5, 0.6) is 0 Å². The van der Waals surface area contributed by atoms with Crippen molar-refractivity contribution < 1.29 is 14.7 Å². The number of nitrogens with one attached hydrogen (secondary N) is 1. The molecular weight excluding hydrogens is 294 g/mol. The number of nitrogens with two attached hydrogens (primary N) is 1. The SMILES string of the molecule is Cc1cc(C(N)=O)cc(Nc2ccc(C(=O)O)c(Cl)c2)n1. The number of hydrogen-bond donors (Lipinski definition) is 3. The number of nitrogens with zero attached hydrogens (tertiary/aromatic N) is 1. The highest BCUT2D eigenvalue weighted by Crippen LogP contribution is 2.23. The third-order valence-electron chi connectivity index (χ3n) is 2.71. The van der Waals surface area contributed by atoms with E-state index in [2.05, 4.69) is 10.3 Å². The lowest BCUT2D eigenvalue weighted by Gasteiger charge is -2.09. The van der Waals surface area contributed by atoms with E-state index < -0.39 is 11.9 Å². The minimum absolute atomic E-state index is 0.0113. The fourth-order valence-electron chi connectivity index (χ4n) is 1.79. The molecule has 0 fully saturated rings. The quantitative estimate of drug-likeness (QED) is 0.805. The zero-order valence-corrected chi connectivity index (χ0v) is 11.8. The number of carboxylic acids is 1. The Morgan fingerprint density at radius 3 is 2.57 bits per heavy atom. The lowest BCUT2D eigenvalue weighted by atomic mass is 10.2. The van der Waals surface area contributed by atoms with Crippen LogP contribution in [-0.4, -0.2) is 22.0 Å². The number of aromatic nitrogens is 1. The van der Waals surface area contributed by atoms with E-state index in [0.717, 1.165) is 0 Å². The van der Waals surface area contributed by atoms with E-state index in [1.165, 1.54) is 18.2 Å². The number of benzene rings is 1. The number of aryl methyl sites for hydroxylation is 1. The van der Waals surface area contributed by atoms with Crippen LogP contribution in [0.25, 0.3) is 0 Å². The van der Waals surface area contributed by atoms with E-state index >= 15 is 0 Å². The van der Waals surface area contributed by atoms with Gasteiger partial charge >= 0.3 is 5.97 Å². The molecule has 0 atom stereocenters. The summed E-state index contributed by atoms with van der Waals surface area (Å²) in [6.07, 6.45) is 0. The standard InChI is InChI=1S/C14H12ClN3O3/c1-7-4-8(13(16)19)5-12(17-7)18-9-2-3-10(14(20)21)11(15)6-9/h2-6H,1H3,(H2,16,19)(H,17,18)(H,20,21). The minimum Gasteiger partial charge on any atom is -0.478 e. The molecule has 1 amide bonds. The Bertz CT molecular complexity index is 731. The van der Waals surface area contributed by atoms with Crippen molar-refractivity contribution in [1.29, 1.82) is 0 Å². The molecule has 0 spiro atoms. The summed E-state index contributed by atoms with van der Waals surface area (Å²) in [5, 5.41) is 12.0. The molecule has 1 aromatic carbocycles. The third-order valence-corrected chi connectivity index (χ3v) is 3.02. The van der Waals surface area contributed by atoms with Crippen molar-refractivity contribution in [2.75, 3.05) is 5.32 Å². The van der Waals surface area contributed by atoms with E-state index in [1.54, 1.807) is 19.1 Å². The third kappa shape index (κ3) is 3.49. The molecule has 1 aromatic heterocycles. The summed E-state index contributed by atoms with van der Waals surface area (Å²) in [5.41, 5.74) is 6.77. The Morgan fingerprint density at radius 1 is 1.29 bits per heavy atom. The van der Waals surface area contributed by atoms with Gasteiger partial charge in [-0.15, -0.1) is 0 Å². The molecule has 0 saturated carbocycles. The second-order valence-electron chi connectivity index (χ2n) is 4.37. The van der Waals surface area contributed by atoms with Crippen LogP contribution in [0.3, 0.4) is 0 Å². The van der Waals surface area contributed by atoms with Gasteiger partial charge in [-0.3, -0.25) is 4.79 Å². The molecule has 0 saturated heterocycles. The van der Waals surface area contributed by atoms with E-state index in [9.17, 15) is 9.59 Å². The van der Waals surface area contributed by atoms with Crippen LogP contribution in [0.2, 0.25) is 5.02 Å². The van der Waals surface area contributed by atoms with Crippen molar-refractivity contribution in [3.8, 4) is 0 Å². The number of pyridine rings is 1. The average Bonchev–Trinajstić information content (AvgIpc) is 2.37. The number of carbonyl (C=O) groups excluding carboxylic acids is 1. The molecule has 7 heteroatoms. The first kappa shape index (κ1) is 14.8. The lowest BCUT2D eigenvalue weighted by Crippen LogP contribution is -2.12. The van der Waals surface area contributed by atoms with Crippen LogP contribution >= 0.6 is 11.6 Å². The number of carbonyl (C=O) groups is 2. The van der Waals surface area contributed by atoms with Crippen LogP contribution in [-0.2, 0) is 0 Å². The van der Waals surface area contributed by atoms with Crippen LogP contribution in [0.4, 0.5) is 11.5 Å². The monoisotopic (exact) mass is 305 g/mol. The summed E-state index contributed by atoms with van der Waals surface area (Å²) in [4.78, 5) is 26.3. The van der Waals surface area contributed by atoms with Gasteiger partial charge in [-0.2, -0.15) is 0 Å². The molecule has 0 radical (unpaired) electrons. The van der Waals surface area contributed by atoms with Crippen LogP contribution < -0.4 is 11.1 Å². The Labute approximate surface area is 125 Å². The number of amides is 1. The van der Waals surface area contributed by atoms with Gasteiger partial charge in [-0.05, 0) is 37.3 Å². The molecular formula is C14H12ClN3O3. The van der Waals surface area contributed by atoms with Crippen molar-refractivity contribution in [2.45, 2.75) is 6.92 Å². The molecule has 2 aromatic rings. The van der Waals surface area contributed by atoms with Crippen molar-refractivity contribution >= 4 is 35.0 Å². The lowest BCUT2D eigenvalue weighted by molar-refractivity contribution is 0.0697. The molecule has 108 valence electrons. The van der Waals surface area contributed by atoms with Crippen LogP contribution in [0.1, 0.15) is 26.4 Å². The zero-order valence-electron chi connectivity index (χ0n) is 11.1. The number of rotatable bonds is 4. The molecule has 0 aliphatic heterocycles. The Kier molecular flexibility index (Phi) is 4.09. The first-order valence-corrected chi connectivity index (χ1v) is 6.33. The fraction of sp³-hybridized carbons (Fsp3) is 0.0714. The summed E-state index contributed by atoms with van der Waals surface area (Å²) in [6.45, 7) is 1.73. The maximum absolute atomic E-state index is 11.2. The topological polar surface area (TPSA) is 105 Å². The fourth-order valence-corrected chi connectivity index (χ4v) is 2.05. The molecule has 0 aliphatic rings. The predicted molar refractivity (Wildman–Crippen MR) is 79.2 cm³/mol. The summed E-state index contributed by atoms with van der Waals surface area (Å²) in [6, 6.07) is 7.50. The summed E-state index contributed by atoms with van der Waals surface area (Å²) in [7, 11) is 0. The number of anilines is 2. The Balaban J connectivity index is 2.32. The maximum Gasteiger partial charge on any atom is 0.337 e. The number of halogens is 1. The number of aromatic carboxylic acids is 1. The number of primary amides is 1. The van der Waals surface area contributed by atoms with Gasteiger partial charge in [0.1, 0.15) is 5.82 Å². The van der Waals surface area contributed by atoms with Gasteiger partial charge in [0, 0.05) is 16.9 Å². The van der Waals surface area contributed by atoms with E-state index in [1.807, 2.05) is 0 Å². The van der Waals surface area contributed by atoms with Crippen LogP contribution in [0.15, 0.2) is 30.3 Å². The Morgan fingerprint density at radius 2 is 2.00 bits per heavy atom. The van der Waals surface area contributed by atoms with E-state index in [0.29, 0.717) is 22.8 Å². The van der Waals surface area contributed by atoms with Crippen molar-refractivity contribution in [1.82, 2.24) is 4.98 Å². The van der Waals surface area contributed by atoms with E-state index in [-0.39, 0.29) is 10.6 Å². The molecule has 0 bridgehead atoms. The number of hydrogen-bond acceptors (Lipinski definition) is 4. The van der Waals surface area contributed by atoms with Gasteiger partial charge < -0.3 is 16.2 Å². The first-order chi connectivity index (χ1) is 9.86. The highest BCUT2D eigenvalue weighted by atomic mass is 35.5. The second-order valence-corrected chi connectivity index (χ2v) is 4.78. The molecule has 21 heavy (non-hydrogen) atoms. The van der Waals surface area contributed by atoms with Gasteiger partial charge in [0.25, 0.3) is 0 Å². The number of carboxylic acid groups (broad SMARTS) is 1. The maximum atomic E-state index is 11.2. The molecule has 0 unspecified atom stereocenters.